The van der Waals surface area contributed by atoms with Crippen molar-refractivity contribution in [3.8, 4) is 0 Å². The fourth-order valence-electron chi connectivity index (χ4n) is 0.910. The molecule has 1 heterocycles. The van der Waals surface area contributed by atoms with Crippen LogP contribution in [-0.4, -0.2) is 9.97 Å². The summed E-state index contributed by atoms with van der Waals surface area (Å²) < 4.78 is 0. The third-order valence-corrected chi connectivity index (χ3v) is 1.95. The Kier molecular flexibility index (Phi) is 4.48. The van der Waals surface area contributed by atoms with Gasteiger partial charge in [0.05, 0.1) is 11.0 Å². The van der Waals surface area contributed by atoms with Crippen molar-refractivity contribution in [1.29, 1.82) is 0 Å². The zero-order valence-electron chi connectivity index (χ0n) is 9.44. The van der Waals surface area contributed by atoms with Gasteiger partial charge in [0.2, 0.25) is 0 Å². The summed E-state index contributed by atoms with van der Waals surface area (Å²) in [5.74, 6) is 0. The Labute approximate surface area is 90.7 Å². The van der Waals surface area contributed by atoms with Crippen molar-refractivity contribution in [2.45, 2.75) is 20.8 Å². The first-order chi connectivity index (χ1) is 7.24. The molecule has 78 valence electrons. The molecule has 0 radical (unpaired) electrons. The van der Waals surface area contributed by atoms with E-state index in [0.717, 1.165) is 11.0 Å². The summed E-state index contributed by atoms with van der Waals surface area (Å²) in [6, 6.07) is 7.80. The lowest BCUT2D eigenvalue weighted by molar-refractivity contribution is 1.29. The lowest BCUT2D eigenvalue weighted by atomic mass is 10.3. The predicted molar refractivity (Wildman–Crippen MR) is 64.6 cm³/mol. The second kappa shape index (κ2) is 5.91. The standard InChI is InChI=1S/C8H6N2.C5H10/c1-2-4-8-7(3-1)9-5-6-10-8;1-4-5(2)3/h1-6H;4H,1-3H3. The van der Waals surface area contributed by atoms with E-state index >= 15 is 0 Å². The molecule has 0 spiro atoms. The van der Waals surface area contributed by atoms with E-state index < -0.39 is 0 Å². The van der Waals surface area contributed by atoms with Crippen molar-refractivity contribution in [3.63, 3.8) is 0 Å². The zero-order chi connectivity index (χ0) is 11.1. The summed E-state index contributed by atoms with van der Waals surface area (Å²) in [5.41, 5.74) is 3.28. The van der Waals surface area contributed by atoms with E-state index in [1.165, 1.54) is 5.57 Å². The van der Waals surface area contributed by atoms with Gasteiger partial charge in [0.25, 0.3) is 0 Å². The van der Waals surface area contributed by atoms with E-state index in [4.69, 9.17) is 0 Å². The first kappa shape index (κ1) is 11.4. The second-order valence-electron chi connectivity index (χ2n) is 3.41. The highest BCUT2D eigenvalue weighted by molar-refractivity contribution is 5.72. The van der Waals surface area contributed by atoms with Gasteiger partial charge in [-0.25, -0.2) is 0 Å². The number of hydrogen-bond acceptors (Lipinski definition) is 2. The maximum absolute atomic E-state index is 4.12. The average Bonchev–Trinajstić information content (AvgIpc) is 2.30. The molecule has 15 heavy (non-hydrogen) atoms. The molecule has 0 saturated heterocycles. The smallest absolute Gasteiger partial charge is 0.0886 e. The minimum absolute atomic E-state index is 0.949. The number of allylic oxidation sites excluding steroid dienone is 2. The van der Waals surface area contributed by atoms with Crippen molar-refractivity contribution < 1.29 is 0 Å². The molecule has 0 unspecified atom stereocenters. The molecule has 0 aliphatic rings. The molecule has 1 aromatic heterocycles. The quantitative estimate of drug-likeness (QED) is 0.607. The van der Waals surface area contributed by atoms with Crippen LogP contribution in [0.25, 0.3) is 11.0 Å². The molecule has 0 N–H and O–H groups in total. The lowest BCUT2D eigenvalue weighted by Crippen LogP contribution is -1.78. The lowest BCUT2D eigenvalue weighted by Gasteiger charge is -1.90. The van der Waals surface area contributed by atoms with Gasteiger partial charge in [0.1, 0.15) is 0 Å². The van der Waals surface area contributed by atoms with Crippen LogP contribution in [0.5, 0.6) is 0 Å². The van der Waals surface area contributed by atoms with Gasteiger partial charge in [-0.05, 0) is 32.9 Å². The molecule has 0 fully saturated rings. The number of hydrogen-bond donors (Lipinski definition) is 0. The number of rotatable bonds is 0. The number of aromatic nitrogens is 2. The Morgan fingerprint density at radius 3 is 1.73 bits per heavy atom. The van der Waals surface area contributed by atoms with Gasteiger partial charge in [-0.15, -0.1) is 0 Å². The Morgan fingerprint density at radius 2 is 1.40 bits per heavy atom. The number of para-hydroxylation sites is 2. The molecule has 2 heteroatoms. The summed E-state index contributed by atoms with van der Waals surface area (Å²) in [4.78, 5) is 8.24. The highest BCUT2D eigenvalue weighted by atomic mass is 14.8. The van der Waals surface area contributed by atoms with Crippen LogP contribution in [0, 0.1) is 0 Å². The van der Waals surface area contributed by atoms with Crippen molar-refractivity contribution in [3.05, 3.63) is 48.3 Å². The van der Waals surface area contributed by atoms with E-state index in [9.17, 15) is 0 Å². The molecular formula is C13H16N2. The van der Waals surface area contributed by atoms with Gasteiger partial charge < -0.3 is 0 Å². The first-order valence-electron chi connectivity index (χ1n) is 4.99. The summed E-state index contributed by atoms with van der Waals surface area (Å²) >= 11 is 0. The SMILES string of the molecule is CC=C(C)C.c1ccc2nccnc2c1. The van der Waals surface area contributed by atoms with Gasteiger partial charge in [0.15, 0.2) is 0 Å². The molecule has 0 aliphatic heterocycles. The maximum Gasteiger partial charge on any atom is 0.0886 e. The topological polar surface area (TPSA) is 25.8 Å². The summed E-state index contributed by atoms with van der Waals surface area (Å²) in [7, 11) is 0. The van der Waals surface area contributed by atoms with Gasteiger partial charge in [-0.3, -0.25) is 9.97 Å². The van der Waals surface area contributed by atoms with E-state index in [0.29, 0.717) is 0 Å². The van der Waals surface area contributed by atoms with E-state index in [1.807, 2.05) is 31.2 Å². The summed E-state index contributed by atoms with van der Waals surface area (Å²) in [6.07, 6.45) is 5.48. The average molecular weight is 200 g/mol. The van der Waals surface area contributed by atoms with Gasteiger partial charge in [-0.1, -0.05) is 23.8 Å². The zero-order valence-corrected chi connectivity index (χ0v) is 9.44. The van der Waals surface area contributed by atoms with Crippen LogP contribution < -0.4 is 0 Å². The van der Waals surface area contributed by atoms with E-state index in [-0.39, 0.29) is 0 Å². The molecule has 0 saturated carbocycles. The molecule has 2 nitrogen and oxygen atoms in total. The van der Waals surface area contributed by atoms with Crippen LogP contribution in [0.4, 0.5) is 0 Å². The van der Waals surface area contributed by atoms with Crippen molar-refractivity contribution in [2.75, 3.05) is 0 Å². The monoisotopic (exact) mass is 200 g/mol. The third-order valence-electron chi connectivity index (χ3n) is 1.95. The molecule has 2 aromatic rings. The largest absolute Gasteiger partial charge is 0.253 e. The number of nitrogens with zero attached hydrogens (tertiary/aromatic N) is 2. The molecule has 0 bridgehead atoms. The van der Waals surface area contributed by atoms with Crippen molar-refractivity contribution >= 4 is 11.0 Å². The fourth-order valence-corrected chi connectivity index (χ4v) is 0.910. The van der Waals surface area contributed by atoms with Crippen LogP contribution in [-0.2, 0) is 0 Å². The van der Waals surface area contributed by atoms with Gasteiger partial charge in [0, 0.05) is 12.4 Å². The van der Waals surface area contributed by atoms with Crippen LogP contribution in [0.2, 0.25) is 0 Å². The predicted octanol–water partition coefficient (Wildman–Crippen LogP) is 3.60. The minimum Gasteiger partial charge on any atom is -0.253 e. The molecule has 2 rings (SSSR count). The maximum atomic E-state index is 4.12. The molecule has 1 aromatic carbocycles. The Hall–Kier alpha value is -1.70. The summed E-state index contributed by atoms with van der Waals surface area (Å²) in [5, 5.41) is 0. The minimum atomic E-state index is 0.949. The van der Waals surface area contributed by atoms with Crippen molar-refractivity contribution in [2.24, 2.45) is 0 Å². The fraction of sp³-hybridized carbons (Fsp3) is 0.231. The molecule has 0 atom stereocenters. The highest BCUT2D eigenvalue weighted by Crippen LogP contribution is 2.04. The highest BCUT2D eigenvalue weighted by Gasteiger charge is 1.88. The van der Waals surface area contributed by atoms with Crippen LogP contribution >= 0.6 is 0 Å². The Bertz CT molecular complexity index is 377. The van der Waals surface area contributed by atoms with Gasteiger partial charge >= 0.3 is 0 Å². The molecular weight excluding hydrogens is 184 g/mol. The summed E-state index contributed by atoms with van der Waals surface area (Å²) in [6.45, 7) is 6.20. The number of fused-ring (bicyclic) bond motifs is 1. The normalized spacial score (nSPS) is 9.00. The third kappa shape index (κ3) is 3.90. The van der Waals surface area contributed by atoms with E-state index in [2.05, 4.69) is 29.9 Å². The van der Waals surface area contributed by atoms with Crippen LogP contribution in [0.15, 0.2) is 48.3 Å². The Morgan fingerprint density at radius 1 is 1.00 bits per heavy atom. The first-order valence-corrected chi connectivity index (χ1v) is 4.99. The second-order valence-corrected chi connectivity index (χ2v) is 3.41. The van der Waals surface area contributed by atoms with Gasteiger partial charge in [-0.2, -0.15) is 0 Å². The Balaban J connectivity index is 0.000000195. The number of benzene rings is 1. The van der Waals surface area contributed by atoms with Crippen LogP contribution in [0.1, 0.15) is 20.8 Å². The molecule has 0 amide bonds. The molecule has 0 aliphatic carbocycles. The van der Waals surface area contributed by atoms with E-state index in [1.54, 1.807) is 12.4 Å². The van der Waals surface area contributed by atoms with Crippen LogP contribution in [0.3, 0.4) is 0 Å². The van der Waals surface area contributed by atoms with Crippen molar-refractivity contribution in [1.82, 2.24) is 9.97 Å².